The lowest BCUT2D eigenvalue weighted by Gasteiger charge is -2.14. The molecule has 0 bridgehead atoms. The van der Waals surface area contributed by atoms with E-state index >= 15 is 0 Å². The molecule has 0 aliphatic carbocycles. The minimum Gasteiger partial charge on any atom is -0.490 e. The van der Waals surface area contributed by atoms with Gasteiger partial charge in [-0.05, 0) is 60.9 Å². The molecule has 6 heteroatoms. The monoisotopic (exact) mass is 433 g/mol. The van der Waals surface area contributed by atoms with E-state index in [1.807, 2.05) is 44.2 Å². The average Bonchev–Trinajstić information content (AvgIpc) is 2.78. The van der Waals surface area contributed by atoms with Crippen molar-refractivity contribution >= 4 is 15.9 Å². The van der Waals surface area contributed by atoms with Gasteiger partial charge in [-0.25, -0.2) is 8.42 Å². The highest BCUT2D eigenvalue weighted by Crippen LogP contribution is 2.31. The van der Waals surface area contributed by atoms with Gasteiger partial charge < -0.3 is 9.47 Å². The molecule has 0 heterocycles. The normalized spacial score (nSPS) is 11.6. The van der Waals surface area contributed by atoms with Crippen molar-refractivity contribution < 1.29 is 17.9 Å². The van der Waals surface area contributed by atoms with Crippen LogP contribution in [0.25, 0.3) is 6.08 Å². The van der Waals surface area contributed by atoms with Crippen LogP contribution in [0, 0.1) is 18.3 Å². The Bertz CT molecular complexity index is 1230. The summed E-state index contributed by atoms with van der Waals surface area (Å²) in [7, 11) is -3.91. The SMILES string of the molecule is CCOc1cc(C=C(C#N)S(=O)(=O)c2ccccc2)ccc1OCc1ccccc1C. The van der Waals surface area contributed by atoms with Gasteiger partial charge in [0.15, 0.2) is 11.5 Å². The van der Waals surface area contributed by atoms with Gasteiger partial charge in [0.25, 0.3) is 0 Å². The number of hydrogen-bond acceptors (Lipinski definition) is 5. The second-order valence-corrected chi connectivity index (χ2v) is 8.71. The van der Waals surface area contributed by atoms with Crippen LogP contribution in [-0.4, -0.2) is 15.0 Å². The molecule has 3 aromatic rings. The van der Waals surface area contributed by atoms with Crippen LogP contribution in [0.3, 0.4) is 0 Å². The Morgan fingerprint density at radius 2 is 1.68 bits per heavy atom. The highest BCUT2D eigenvalue weighted by atomic mass is 32.2. The molecule has 0 aliphatic heterocycles. The van der Waals surface area contributed by atoms with E-state index in [-0.39, 0.29) is 9.80 Å². The summed E-state index contributed by atoms with van der Waals surface area (Å²) in [4.78, 5) is -0.263. The van der Waals surface area contributed by atoms with Crippen LogP contribution in [-0.2, 0) is 16.4 Å². The predicted molar refractivity (Wildman–Crippen MR) is 120 cm³/mol. The topological polar surface area (TPSA) is 76.4 Å². The zero-order valence-electron chi connectivity index (χ0n) is 17.4. The highest BCUT2D eigenvalue weighted by Gasteiger charge is 2.20. The first kappa shape index (κ1) is 22.1. The molecule has 0 spiro atoms. The molecule has 31 heavy (non-hydrogen) atoms. The maximum atomic E-state index is 12.8. The van der Waals surface area contributed by atoms with E-state index in [4.69, 9.17) is 9.47 Å². The van der Waals surface area contributed by atoms with Gasteiger partial charge in [0, 0.05) is 0 Å². The maximum absolute atomic E-state index is 12.8. The van der Waals surface area contributed by atoms with Crippen molar-refractivity contribution in [3.05, 3.63) is 94.4 Å². The lowest BCUT2D eigenvalue weighted by atomic mass is 10.1. The van der Waals surface area contributed by atoms with Gasteiger partial charge in [0.1, 0.15) is 17.6 Å². The molecule has 0 unspecified atom stereocenters. The third kappa shape index (κ3) is 5.33. The minimum absolute atomic E-state index is 0.0750. The number of hydrogen-bond donors (Lipinski definition) is 0. The largest absolute Gasteiger partial charge is 0.490 e. The summed E-state index contributed by atoms with van der Waals surface area (Å²) < 4.78 is 37.2. The van der Waals surface area contributed by atoms with Crippen LogP contribution in [0.15, 0.2) is 82.6 Å². The van der Waals surface area contributed by atoms with Gasteiger partial charge in [-0.2, -0.15) is 5.26 Å². The Kier molecular flexibility index (Phi) is 7.11. The lowest BCUT2D eigenvalue weighted by molar-refractivity contribution is 0.269. The van der Waals surface area contributed by atoms with Gasteiger partial charge in [-0.15, -0.1) is 0 Å². The highest BCUT2D eigenvalue weighted by molar-refractivity contribution is 7.95. The van der Waals surface area contributed by atoms with Crippen LogP contribution in [0.5, 0.6) is 11.5 Å². The molecule has 0 radical (unpaired) electrons. The molecular formula is C25H23NO4S. The summed E-state index contributed by atoms with van der Waals surface area (Å²) in [6.45, 7) is 4.68. The minimum atomic E-state index is -3.91. The Hall–Kier alpha value is -3.56. The van der Waals surface area contributed by atoms with Crippen LogP contribution in [0.2, 0.25) is 0 Å². The fraction of sp³-hybridized carbons (Fsp3) is 0.160. The molecule has 3 rings (SSSR count). The summed E-state index contributed by atoms with van der Waals surface area (Å²) >= 11 is 0. The number of sulfone groups is 1. The van der Waals surface area contributed by atoms with Crippen molar-refractivity contribution in [1.82, 2.24) is 0 Å². The van der Waals surface area contributed by atoms with E-state index in [0.717, 1.165) is 11.1 Å². The van der Waals surface area contributed by atoms with Gasteiger partial charge in [0.05, 0.1) is 11.5 Å². The van der Waals surface area contributed by atoms with E-state index in [0.29, 0.717) is 30.3 Å². The molecular weight excluding hydrogens is 410 g/mol. The first-order valence-electron chi connectivity index (χ1n) is 9.81. The molecule has 158 valence electrons. The zero-order chi connectivity index (χ0) is 22.3. The summed E-state index contributed by atoms with van der Waals surface area (Å²) in [5.41, 5.74) is 2.72. The Morgan fingerprint density at radius 3 is 2.35 bits per heavy atom. The number of nitriles is 1. The molecule has 5 nitrogen and oxygen atoms in total. The summed E-state index contributed by atoms with van der Waals surface area (Å²) in [6, 6.07) is 22.8. The second-order valence-electron chi connectivity index (χ2n) is 6.79. The van der Waals surface area contributed by atoms with Crippen molar-refractivity contribution in [1.29, 1.82) is 5.26 Å². The van der Waals surface area contributed by atoms with Crippen molar-refractivity contribution in [3.8, 4) is 17.6 Å². The molecule has 0 saturated heterocycles. The second kappa shape index (κ2) is 9.96. The fourth-order valence-corrected chi connectivity index (χ4v) is 4.16. The molecule has 3 aromatic carbocycles. The standard InChI is InChI=1S/C25H23NO4S/c1-3-29-25-16-20(13-14-24(25)30-18-21-10-8-7-9-19(21)2)15-23(17-26)31(27,28)22-11-5-4-6-12-22/h4-16H,3,18H2,1-2H3. The quantitative estimate of drug-likeness (QED) is 0.450. The summed E-state index contributed by atoms with van der Waals surface area (Å²) in [6.07, 6.45) is 1.34. The molecule has 0 saturated carbocycles. The molecule has 0 atom stereocenters. The van der Waals surface area contributed by atoms with E-state index in [1.54, 1.807) is 36.4 Å². The number of aryl methyl sites for hydroxylation is 1. The number of nitrogens with zero attached hydrogens (tertiary/aromatic N) is 1. The smallest absolute Gasteiger partial charge is 0.216 e. The number of ether oxygens (including phenoxy) is 2. The van der Waals surface area contributed by atoms with Gasteiger partial charge in [-0.3, -0.25) is 0 Å². The van der Waals surface area contributed by atoms with Gasteiger partial charge in [-0.1, -0.05) is 48.5 Å². The van der Waals surface area contributed by atoms with E-state index in [1.165, 1.54) is 18.2 Å². The molecule has 0 aliphatic rings. The molecule has 0 N–H and O–H groups in total. The van der Waals surface area contributed by atoms with E-state index in [9.17, 15) is 13.7 Å². The van der Waals surface area contributed by atoms with Gasteiger partial charge >= 0.3 is 0 Å². The Balaban J connectivity index is 1.90. The van der Waals surface area contributed by atoms with Crippen LogP contribution >= 0.6 is 0 Å². The van der Waals surface area contributed by atoms with Crippen molar-refractivity contribution in [2.75, 3.05) is 6.61 Å². The predicted octanol–water partition coefficient (Wildman–Crippen LogP) is 5.31. The van der Waals surface area contributed by atoms with Crippen LogP contribution < -0.4 is 9.47 Å². The molecule has 0 amide bonds. The van der Waals surface area contributed by atoms with Crippen molar-refractivity contribution in [2.24, 2.45) is 0 Å². The Morgan fingerprint density at radius 1 is 0.968 bits per heavy atom. The molecule has 0 fully saturated rings. The first-order chi connectivity index (χ1) is 15.0. The van der Waals surface area contributed by atoms with E-state index < -0.39 is 9.84 Å². The Labute approximate surface area is 183 Å². The van der Waals surface area contributed by atoms with Crippen LogP contribution in [0.4, 0.5) is 0 Å². The average molecular weight is 434 g/mol. The number of rotatable bonds is 8. The summed E-state index contributed by atoms with van der Waals surface area (Å²) in [5, 5.41) is 9.49. The van der Waals surface area contributed by atoms with Crippen LogP contribution in [0.1, 0.15) is 23.6 Å². The summed E-state index contributed by atoms with van der Waals surface area (Å²) in [5.74, 6) is 1.03. The molecule has 0 aromatic heterocycles. The first-order valence-corrected chi connectivity index (χ1v) is 11.3. The van der Waals surface area contributed by atoms with Crippen molar-refractivity contribution in [3.63, 3.8) is 0 Å². The van der Waals surface area contributed by atoms with E-state index in [2.05, 4.69) is 0 Å². The number of allylic oxidation sites excluding steroid dienone is 1. The maximum Gasteiger partial charge on any atom is 0.216 e. The lowest BCUT2D eigenvalue weighted by Crippen LogP contribution is -2.03. The van der Waals surface area contributed by atoms with Gasteiger partial charge in [0.2, 0.25) is 9.84 Å². The third-order valence-corrected chi connectivity index (χ3v) is 6.34. The fourth-order valence-electron chi connectivity index (χ4n) is 2.98. The van der Waals surface area contributed by atoms with Crippen molar-refractivity contribution in [2.45, 2.75) is 25.3 Å². The third-order valence-electron chi connectivity index (χ3n) is 4.66. The number of benzene rings is 3. The zero-order valence-corrected chi connectivity index (χ0v) is 18.2.